The van der Waals surface area contributed by atoms with E-state index in [1.54, 1.807) is 11.6 Å². The molecule has 8 heteroatoms. The van der Waals surface area contributed by atoms with E-state index < -0.39 is 6.04 Å². The highest BCUT2D eigenvalue weighted by atomic mass is 32.1. The van der Waals surface area contributed by atoms with Crippen LogP contribution < -0.4 is 11.1 Å². The topological polar surface area (TPSA) is 97.5 Å². The number of hydrogen-bond donors (Lipinski definition) is 2. The summed E-state index contributed by atoms with van der Waals surface area (Å²) in [5.74, 6) is -0.631. The van der Waals surface area contributed by atoms with Crippen LogP contribution in [0.3, 0.4) is 0 Å². The van der Waals surface area contributed by atoms with Crippen molar-refractivity contribution in [3.05, 3.63) is 11.6 Å². The summed E-state index contributed by atoms with van der Waals surface area (Å²) < 4.78 is 0. The maximum absolute atomic E-state index is 12.3. The standard InChI is InChI=1S/C12H20N4O3S/c1-9(17)16(19-2)10(5-3-4-6-13)11(18)15-12-14-7-8-20-12/h7-8,10H,3-6,13H2,1-2H3,(H,14,15,18). The molecule has 2 amide bonds. The molecule has 0 radical (unpaired) electrons. The van der Waals surface area contributed by atoms with Crippen molar-refractivity contribution in [3.63, 3.8) is 0 Å². The molecule has 1 rings (SSSR count). The summed E-state index contributed by atoms with van der Waals surface area (Å²) in [4.78, 5) is 32.8. The van der Waals surface area contributed by atoms with E-state index in [0.717, 1.165) is 17.9 Å². The van der Waals surface area contributed by atoms with E-state index in [1.807, 2.05) is 0 Å². The highest BCUT2D eigenvalue weighted by Crippen LogP contribution is 2.15. The minimum absolute atomic E-state index is 0.311. The highest BCUT2D eigenvalue weighted by Gasteiger charge is 2.28. The predicted octanol–water partition coefficient (Wildman–Crippen LogP) is 0.989. The summed E-state index contributed by atoms with van der Waals surface area (Å²) in [6.07, 6.45) is 3.61. The molecule has 0 aromatic carbocycles. The van der Waals surface area contributed by atoms with Gasteiger partial charge in [0.05, 0.1) is 7.11 Å². The van der Waals surface area contributed by atoms with Gasteiger partial charge < -0.3 is 11.1 Å². The molecular weight excluding hydrogens is 280 g/mol. The molecule has 112 valence electrons. The van der Waals surface area contributed by atoms with Gasteiger partial charge in [-0.25, -0.2) is 10.0 Å². The van der Waals surface area contributed by atoms with Crippen molar-refractivity contribution in [2.75, 3.05) is 19.0 Å². The Morgan fingerprint density at radius 2 is 2.30 bits per heavy atom. The van der Waals surface area contributed by atoms with Crippen LogP contribution in [0.4, 0.5) is 5.13 Å². The number of aromatic nitrogens is 1. The van der Waals surface area contributed by atoms with Crippen molar-refractivity contribution in [3.8, 4) is 0 Å². The van der Waals surface area contributed by atoms with Crippen molar-refractivity contribution < 1.29 is 14.4 Å². The number of thiazole rings is 1. The van der Waals surface area contributed by atoms with Crippen LogP contribution in [0.2, 0.25) is 0 Å². The first kappa shape index (κ1) is 16.5. The van der Waals surface area contributed by atoms with E-state index in [-0.39, 0.29) is 11.8 Å². The number of carbonyl (C=O) groups excluding carboxylic acids is 2. The molecule has 0 bridgehead atoms. The van der Waals surface area contributed by atoms with E-state index in [2.05, 4.69) is 10.3 Å². The van der Waals surface area contributed by atoms with Crippen molar-refractivity contribution in [2.45, 2.75) is 32.2 Å². The third-order valence-corrected chi connectivity index (χ3v) is 3.38. The molecule has 0 aliphatic rings. The van der Waals surface area contributed by atoms with Crippen LogP contribution in [0.1, 0.15) is 26.2 Å². The zero-order valence-corrected chi connectivity index (χ0v) is 12.5. The number of hydroxylamine groups is 2. The average Bonchev–Trinajstić information content (AvgIpc) is 2.90. The number of nitrogens with zero attached hydrogens (tertiary/aromatic N) is 2. The van der Waals surface area contributed by atoms with E-state index in [1.165, 1.54) is 25.4 Å². The second kappa shape index (κ2) is 8.62. The van der Waals surface area contributed by atoms with Crippen LogP contribution in [0.25, 0.3) is 0 Å². The molecule has 1 atom stereocenters. The van der Waals surface area contributed by atoms with E-state index >= 15 is 0 Å². The molecule has 3 N–H and O–H groups in total. The first-order chi connectivity index (χ1) is 9.60. The largest absolute Gasteiger partial charge is 0.330 e. The second-order valence-electron chi connectivity index (χ2n) is 4.15. The monoisotopic (exact) mass is 300 g/mol. The molecule has 0 saturated carbocycles. The molecule has 7 nitrogen and oxygen atoms in total. The number of amides is 2. The summed E-state index contributed by atoms with van der Waals surface area (Å²) in [5.41, 5.74) is 5.45. The van der Waals surface area contributed by atoms with Crippen molar-refractivity contribution in [1.82, 2.24) is 10.0 Å². The van der Waals surface area contributed by atoms with Gasteiger partial charge in [-0.3, -0.25) is 14.4 Å². The molecule has 0 spiro atoms. The smallest absolute Gasteiger partial charge is 0.251 e. The fourth-order valence-corrected chi connectivity index (χ4v) is 2.32. The Balaban J connectivity index is 2.73. The molecule has 0 aliphatic carbocycles. The van der Waals surface area contributed by atoms with E-state index in [4.69, 9.17) is 10.6 Å². The number of nitrogens with two attached hydrogens (primary N) is 1. The zero-order chi connectivity index (χ0) is 15.0. The molecule has 1 aromatic rings. The Kier molecular flexibility index (Phi) is 7.13. The first-order valence-electron chi connectivity index (χ1n) is 6.34. The third kappa shape index (κ3) is 4.87. The molecule has 0 aliphatic heterocycles. The Morgan fingerprint density at radius 1 is 1.55 bits per heavy atom. The van der Waals surface area contributed by atoms with E-state index in [0.29, 0.717) is 18.1 Å². The summed E-state index contributed by atoms with van der Waals surface area (Å²) in [6.45, 7) is 1.91. The normalized spacial score (nSPS) is 11.9. The highest BCUT2D eigenvalue weighted by molar-refractivity contribution is 7.13. The number of anilines is 1. The number of carbonyl (C=O) groups is 2. The molecule has 0 fully saturated rings. The second-order valence-corrected chi connectivity index (χ2v) is 5.05. The van der Waals surface area contributed by atoms with Gasteiger partial charge in [-0.15, -0.1) is 11.3 Å². The molecule has 0 saturated heterocycles. The van der Waals surface area contributed by atoms with Crippen LogP contribution in [0.5, 0.6) is 0 Å². The Bertz CT molecular complexity index is 424. The van der Waals surface area contributed by atoms with E-state index in [9.17, 15) is 9.59 Å². The quantitative estimate of drug-likeness (QED) is 0.551. The van der Waals surface area contributed by atoms with Crippen molar-refractivity contribution in [1.29, 1.82) is 0 Å². The van der Waals surface area contributed by atoms with Crippen molar-refractivity contribution in [2.24, 2.45) is 5.73 Å². The fraction of sp³-hybridized carbons (Fsp3) is 0.583. The van der Waals surface area contributed by atoms with Gasteiger partial charge in [0.2, 0.25) is 5.91 Å². The first-order valence-corrected chi connectivity index (χ1v) is 7.22. The van der Waals surface area contributed by atoms with Crippen LogP contribution in [0, 0.1) is 0 Å². The minimum atomic E-state index is -0.687. The van der Waals surface area contributed by atoms with Gasteiger partial charge in [-0.1, -0.05) is 0 Å². The lowest BCUT2D eigenvalue weighted by Gasteiger charge is -2.27. The van der Waals surface area contributed by atoms with Crippen LogP contribution in [-0.4, -0.2) is 41.6 Å². The molecule has 1 unspecified atom stereocenters. The minimum Gasteiger partial charge on any atom is -0.330 e. The summed E-state index contributed by atoms with van der Waals surface area (Å²) in [5, 5.41) is 6.03. The van der Waals surface area contributed by atoms with Gasteiger partial charge in [0.15, 0.2) is 5.13 Å². The van der Waals surface area contributed by atoms with Crippen LogP contribution in [-0.2, 0) is 14.4 Å². The number of hydrogen-bond acceptors (Lipinski definition) is 6. The molecule has 20 heavy (non-hydrogen) atoms. The van der Waals surface area contributed by atoms with Gasteiger partial charge in [-0.2, -0.15) is 0 Å². The summed E-state index contributed by atoms with van der Waals surface area (Å²) in [7, 11) is 1.37. The number of rotatable bonds is 8. The maximum atomic E-state index is 12.3. The van der Waals surface area contributed by atoms with Gasteiger partial charge >= 0.3 is 0 Å². The Morgan fingerprint density at radius 3 is 2.80 bits per heavy atom. The SMILES string of the molecule is CON(C(C)=O)C(CCCCN)C(=O)Nc1nccs1. The Hall–Kier alpha value is -1.51. The average molecular weight is 300 g/mol. The van der Waals surface area contributed by atoms with Gasteiger partial charge in [-0.05, 0) is 25.8 Å². The van der Waals surface area contributed by atoms with Crippen molar-refractivity contribution >= 4 is 28.3 Å². The van der Waals surface area contributed by atoms with Gasteiger partial charge in [0, 0.05) is 18.5 Å². The summed E-state index contributed by atoms with van der Waals surface area (Å²) in [6, 6.07) is -0.687. The van der Waals surface area contributed by atoms with Crippen LogP contribution >= 0.6 is 11.3 Å². The third-order valence-electron chi connectivity index (χ3n) is 2.69. The number of unbranched alkanes of at least 4 members (excludes halogenated alkanes) is 1. The van der Waals surface area contributed by atoms with Gasteiger partial charge in [0.25, 0.3) is 5.91 Å². The van der Waals surface area contributed by atoms with Gasteiger partial charge in [0.1, 0.15) is 6.04 Å². The molecule has 1 aromatic heterocycles. The molecule has 1 heterocycles. The fourth-order valence-electron chi connectivity index (χ4n) is 1.79. The lowest BCUT2D eigenvalue weighted by Crippen LogP contribution is -2.46. The van der Waals surface area contributed by atoms with Crippen LogP contribution in [0.15, 0.2) is 11.6 Å². The lowest BCUT2D eigenvalue weighted by molar-refractivity contribution is -0.188. The molecular formula is C12H20N4O3S. The Labute approximate surface area is 122 Å². The lowest BCUT2D eigenvalue weighted by atomic mass is 10.1. The zero-order valence-electron chi connectivity index (χ0n) is 11.7. The summed E-state index contributed by atoms with van der Waals surface area (Å²) >= 11 is 1.32. The number of nitrogens with one attached hydrogen (secondary N) is 1. The predicted molar refractivity (Wildman–Crippen MR) is 77.0 cm³/mol. The maximum Gasteiger partial charge on any atom is 0.251 e.